The zero-order chi connectivity index (χ0) is 23.1. The highest BCUT2D eigenvalue weighted by molar-refractivity contribution is 6.04. The zero-order valence-electron chi connectivity index (χ0n) is 17.9. The maximum Gasteiger partial charge on any atom is 0.416 e. The van der Waals surface area contributed by atoms with Crippen molar-refractivity contribution in [3.05, 3.63) is 89.9 Å². The van der Waals surface area contributed by atoms with Crippen molar-refractivity contribution in [3.63, 3.8) is 0 Å². The van der Waals surface area contributed by atoms with Crippen LogP contribution < -0.4 is 5.32 Å². The Kier molecular flexibility index (Phi) is 5.28. The molecule has 0 atom stereocenters. The molecule has 4 aromatic rings. The Bertz CT molecular complexity index is 1270. The van der Waals surface area contributed by atoms with E-state index in [1.54, 1.807) is 30.3 Å². The highest BCUT2D eigenvalue weighted by atomic mass is 19.4. The molecule has 0 unspecified atom stereocenters. The summed E-state index contributed by atoms with van der Waals surface area (Å²) in [5.41, 5.74) is 3.43. The SMILES string of the molecule is CC(C)(C)c1cn2cc(NC(=O)c3ccc(-c4ccc(C(F)(F)F)cc4)cc3)ccc2n1. The van der Waals surface area contributed by atoms with Crippen molar-refractivity contribution >= 4 is 17.2 Å². The molecule has 2 heterocycles. The molecular weight excluding hydrogens is 415 g/mol. The summed E-state index contributed by atoms with van der Waals surface area (Å²) in [6, 6.07) is 15.3. The number of nitrogens with one attached hydrogen (secondary N) is 1. The molecule has 0 spiro atoms. The van der Waals surface area contributed by atoms with Gasteiger partial charge in [-0.25, -0.2) is 4.98 Å². The number of hydrogen-bond donors (Lipinski definition) is 1. The van der Waals surface area contributed by atoms with E-state index in [1.165, 1.54) is 12.1 Å². The third-order valence-corrected chi connectivity index (χ3v) is 5.17. The first kappa shape index (κ1) is 21.6. The number of halogens is 3. The van der Waals surface area contributed by atoms with Gasteiger partial charge in [0.05, 0.1) is 16.9 Å². The second-order valence-corrected chi connectivity index (χ2v) is 8.67. The number of aromatic nitrogens is 2. The zero-order valence-corrected chi connectivity index (χ0v) is 17.9. The normalized spacial score (nSPS) is 12.2. The van der Waals surface area contributed by atoms with Crippen LogP contribution in [0.15, 0.2) is 73.1 Å². The summed E-state index contributed by atoms with van der Waals surface area (Å²) in [4.78, 5) is 17.3. The summed E-state index contributed by atoms with van der Waals surface area (Å²) < 4.78 is 40.1. The lowest BCUT2D eigenvalue weighted by Gasteiger charge is -2.13. The minimum Gasteiger partial charge on any atom is -0.321 e. The standard InChI is InChI=1S/C25H22F3N3O/c1-24(2,3)21-15-31-14-20(12-13-22(31)30-21)29-23(32)18-6-4-16(5-7-18)17-8-10-19(11-9-17)25(26,27)28/h4-15H,1-3H3,(H,29,32). The van der Waals surface area contributed by atoms with E-state index in [2.05, 4.69) is 31.1 Å². The average molecular weight is 437 g/mol. The smallest absolute Gasteiger partial charge is 0.321 e. The predicted octanol–water partition coefficient (Wildman–Crippen LogP) is 6.57. The van der Waals surface area contributed by atoms with Crippen LogP contribution in [0.25, 0.3) is 16.8 Å². The number of alkyl halides is 3. The predicted molar refractivity (Wildman–Crippen MR) is 119 cm³/mol. The number of carbonyl (C=O) groups is 1. The van der Waals surface area contributed by atoms with Gasteiger partial charge in [0.1, 0.15) is 5.65 Å². The van der Waals surface area contributed by atoms with Crippen molar-refractivity contribution in [2.45, 2.75) is 32.4 Å². The lowest BCUT2D eigenvalue weighted by atomic mass is 9.93. The van der Waals surface area contributed by atoms with E-state index in [1.807, 2.05) is 22.9 Å². The van der Waals surface area contributed by atoms with Crippen LogP contribution >= 0.6 is 0 Å². The summed E-state index contributed by atoms with van der Waals surface area (Å²) in [7, 11) is 0. The van der Waals surface area contributed by atoms with Gasteiger partial charge >= 0.3 is 6.18 Å². The number of pyridine rings is 1. The number of imidazole rings is 1. The summed E-state index contributed by atoms with van der Waals surface area (Å²) >= 11 is 0. The first-order valence-corrected chi connectivity index (χ1v) is 10.1. The summed E-state index contributed by atoms with van der Waals surface area (Å²) in [6.07, 6.45) is -0.607. The molecule has 0 bridgehead atoms. The lowest BCUT2D eigenvalue weighted by Crippen LogP contribution is -2.12. The Labute approximate surface area is 183 Å². The van der Waals surface area contributed by atoms with Crippen LogP contribution in [-0.4, -0.2) is 15.3 Å². The van der Waals surface area contributed by atoms with Gasteiger partial charge in [0, 0.05) is 23.4 Å². The maximum absolute atomic E-state index is 12.7. The first-order valence-electron chi connectivity index (χ1n) is 10.1. The number of nitrogens with zero attached hydrogens (tertiary/aromatic N) is 2. The van der Waals surface area contributed by atoms with Gasteiger partial charge in [0.15, 0.2) is 0 Å². The van der Waals surface area contributed by atoms with Gasteiger partial charge in [-0.3, -0.25) is 4.79 Å². The van der Waals surface area contributed by atoms with Crippen molar-refractivity contribution < 1.29 is 18.0 Å². The number of fused-ring (bicyclic) bond motifs is 1. The number of hydrogen-bond acceptors (Lipinski definition) is 2. The summed E-state index contributed by atoms with van der Waals surface area (Å²) in [6.45, 7) is 6.27. The van der Waals surface area contributed by atoms with Crippen molar-refractivity contribution in [2.24, 2.45) is 0 Å². The molecule has 2 aromatic heterocycles. The van der Waals surface area contributed by atoms with Crippen LogP contribution in [0, 0.1) is 0 Å². The van der Waals surface area contributed by atoms with Crippen molar-refractivity contribution in [2.75, 3.05) is 5.32 Å². The maximum atomic E-state index is 12.7. The van der Waals surface area contributed by atoms with Gasteiger partial charge in [-0.1, -0.05) is 45.0 Å². The molecule has 32 heavy (non-hydrogen) atoms. The van der Waals surface area contributed by atoms with E-state index < -0.39 is 11.7 Å². The number of amides is 1. The second-order valence-electron chi connectivity index (χ2n) is 8.67. The monoisotopic (exact) mass is 437 g/mol. The molecule has 4 rings (SSSR count). The third-order valence-electron chi connectivity index (χ3n) is 5.17. The van der Waals surface area contributed by atoms with Crippen LogP contribution in [-0.2, 0) is 11.6 Å². The van der Waals surface area contributed by atoms with E-state index in [0.717, 1.165) is 29.0 Å². The molecule has 0 aliphatic rings. The molecule has 1 amide bonds. The van der Waals surface area contributed by atoms with Crippen LogP contribution in [0.1, 0.15) is 42.4 Å². The molecule has 164 valence electrons. The van der Waals surface area contributed by atoms with E-state index in [9.17, 15) is 18.0 Å². The number of benzene rings is 2. The molecule has 1 N–H and O–H groups in total. The minimum absolute atomic E-state index is 0.0791. The number of anilines is 1. The van der Waals surface area contributed by atoms with Crippen molar-refractivity contribution in [1.82, 2.24) is 9.38 Å². The first-order chi connectivity index (χ1) is 15.0. The van der Waals surface area contributed by atoms with Crippen LogP contribution in [0.3, 0.4) is 0 Å². The fourth-order valence-corrected chi connectivity index (χ4v) is 3.30. The van der Waals surface area contributed by atoms with E-state index in [-0.39, 0.29) is 11.3 Å². The van der Waals surface area contributed by atoms with Crippen LogP contribution in [0.5, 0.6) is 0 Å². The van der Waals surface area contributed by atoms with Gasteiger partial charge in [0.2, 0.25) is 0 Å². The van der Waals surface area contributed by atoms with Crippen LogP contribution in [0.4, 0.5) is 18.9 Å². The van der Waals surface area contributed by atoms with E-state index >= 15 is 0 Å². The highest BCUT2D eigenvalue weighted by Gasteiger charge is 2.30. The van der Waals surface area contributed by atoms with E-state index in [0.29, 0.717) is 16.8 Å². The fraction of sp³-hybridized carbons (Fsp3) is 0.200. The molecule has 4 nitrogen and oxygen atoms in total. The Morgan fingerprint density at radius 3 is 2.00 bits per heavy atom. The molecule has 7 heteroatoms. The third kappa shape index (κ3) is 4.51. The van der Waals surface area contributed by atoms with E-state index in [4.69, 9.17) is 0 Å². The number of rotatable bonds is 3. The van der Waals surface area contributed by atoms with Gasteiger partial charge in [-0.2, -0.15) is 13.2 Å². The fourth-order valence-electron chi connectivity index (χ4n) is 3.30. The molecule has 0 aliphatic carbocycles. The lowest BCUT2D eigenvalue weighted by molar-refractivity contribution is -0.137. The van der Waals surface area contributed by atoms with Crippen LogP contribution in [0.2, 0.25) is 0 Å². The Morgan fingerprint density at radius 1 is 0.844 bits per heavy atom. The highest BCUT2D eigenvalue weighted by Crippen LogP contribution is 2.31. The number of carbonyl (C=O) groups excluding carboxylic acids is 1. The second kappa shape index (κ2) is 7.82. The molecule has 0 aliphatic heterocycles. The molecule has 2 aromatic carbocycles. The van der Waals surface area contributed by atoms with Gasteiger partial charge in [0.25, 0.3) is 5.91 Å². The summed E-state index contributed by atoms with van der Waals surface area (Å²) in [5, 5.41) is 2.87. The molecular formula is C25H22F3N3O. The Morgan fingerprint density at radius 2 is 1.44 bits per heavy atom. The van der Waals surface area contributed by atoms with Crippen molar-refractivity contribution in [1.29, 1.82) is 0 Å². The molecule has 0 saturated carbocycles. The quantitative estimate of drug-likeness (QED) is 0.394. The van der Waals surface area contributed by atoms with Crippen molar-refractivity contribution in [3.8, 4) is 11.1 Å². The van der Waals surface area contributed by atoms with Gasteiger partial charge < -0.3 is 9.72 Å². The molecule has 0 saturated heterocycles. The summed E-state index contributed by atoms with van der Waals surface area (Å²) in [5.74, 6) is -0.278. The van der Waals surface area contributed by atoms with Gasteiger partial charge in [-0.05, 0) is 47.5 Å². The Hall–Kier alpha value is -3.61. The Balaban J connectivity index is 1.49. The largest absolute Gasteiger partial charge is 0.416 e. The minimum atomic E-state index is -4.37. The molecule has 0 fully saturated rings. The topological polar surface area (TPSA) is 46.4 Å². The van der Waals surface area contributed by atoms with Gasteiger partial charge in [-0.15, -0.1) is 0 Å². The molecule has 0 radical (unpaired) electrons. The average Bonchev–Trinajstić information content (AvgIpc) is 3.17.